The van der Waals surface area contributed by atoms with Crippen LogP contribution in [0.1, 0.15) is 50.6 Å². The van der Waals surface area contributed by atoms with E-state index in [4.69, 9.17) is 0 Å². The molecule has 1 aliphatic carbocycles. The zero-order valence-corrected chi connectivity index (χ0v) is 12.3. The summed E-state index contributed by atoms with van der Waals surface area (Å²) >= 11 is 0. The number of urea groups is 1. The van der Waals surface area contributed by atoms with Crippen molar-refractivity contribution in [3.8, 4) is 0 Å². The highest BCUT2D eigenvalue weighted by atomic mass is 16.4. The zero-order chi connectivity index (χ0) is 15.3. The van der Waals surface area contributed by atoms with Gasteiger partial charge in [0.15, 0.2) is 6.04 Å². The molecule has 1 atom stereocenters. The molecule has 0 spiro atoms. The maximum atomic E-state index is 12.1. The van der Waals surface area contributed by atoms with Crippen molar-refractivity contribution in [1.82, 2.24) is 10.6 Å². The third-order valence-electron chi connectivity index (χ3n) is 4.03. The molecule has 3 N–H and O–H groups in total. The summed E-state index contributed by atoms with van der Waals surface area (Å²) in [5.74, 6) is -1.06. The second-order valence-electron chi connectivity index (χ2n) is 5.90. The van der Waals surface area contributed by atoms with Crippen LogP contribution in [0.15, 0.2) is 30.3 Å². The fourth-order valence-electron chi connectivity index (χ4n) is 2.83. The van der Waals surface area contributed by atoms with Gasteiger partial charge >= 0.3 is 12.0 Å². The molecular formula is C16H22N2O3. The summed E-state index contributed by atoms with van der Waals surface area (Å²) in [6.07, 6.45) is 5.25. The van der Waals surface area contributed by atoms with Crippen molar-refractivity contribution < 1.29 is 14.7 Å². The molecule has 1 fully saturated rings. The van der Waals surface area contributed by atoms with Gasteiger partial charge in [-0.1, -0.05) is 49.6 Å². The molecule has 21 heavy (non-hydrogen) atoms. The minimum atomic E-state index is -1.06. The van der Waals surface area contributed by atoms with Crippen LogP contribution in [0.2, 0.25) is 0 Å². The number of carboxylic acids is 1. The first-order chi connectivity index (χ1) is 10.0. The van der Waals surface area contributed by atoms with Gasteiger partial charge in [-0.2, -0.15) is 0 Å². The molecule has 1 aromatic rings. The van der Waals surface area contributed by atoms with Crippen LogP contribution in [0.5, 0.6) is 0 Å². The standard InChI is InChI=1S/C16H22N2O3/c1-16(10-6-3-7-11-16)18-15(21)17-13(14(19)20)12-8-4-2-5-9-12/h2,4-5,8-9,13H,3,6-7,10-11H2,1H3,(H,19,20)(H2,17,18,21). The van der Waals surface area contributed by atoms with E-state index >= 15 is 0 Å². The Morgan fingerprint density at radius 3 is 2.33 bits per heavy atom. The summed E-state index contributed by atoms with van der Waals surface area (Å²) in [6.45, 7) is 2.02. The van der Waals surface area contributed by atoms with Gasteiger partial charge in [-0.05, 0) is 25.3 Å². The molecule has 0 heterocycles. The largest absolute Gasteiger partial charge is 0.479 e. The van der Waals surface area contributed by atoms with Crippen LogP contribution < -0.4 is 10.6 Å². The number of amides is 2. The fraction of sp³-hybridized carbons (Fsp3) is 0.500. The second-order valence-corrected chi connectivity index (χ2v) is 5.90. The Morgan fingerprint density at radius 1 is 1.14 bits per heavy atom. The molecule has 0 bridgehead atoms. The number of carboxylic acid groups (broad SMARTS) is 1. The molecule has 0 radical (unpaired) electrons. The van der Waals surface area contributed by atoms with E-state index in [1.807, 2.05) is 13.0 Å². The molecular weight excluding hydrogens is 268 g/mol. The number of carbonyl (C=O) groups excluding carboxylic acids is 1. The van der Waals surface area contributed by atoms with Crippen LogP contribution in [0, 0.1) is 0 Å². The summed E-state index contributed by atoms with van der Waals surface area (Å²) < 4.78 is 0. The summed E-state index contributed by atoms with van der Waals surface area (Å²) in [5, 5.41) is 14.8. The highest BCUT2D eigenvalue weighted by Crippen LogP contribution is 2.27. The maximum absolute atomic E-state index is 12.1. The van der Waals surface area contributed by atoms with E-state index in [1.165, 1.54) is 6.42 Å². The average molecular weight is 290 g/mol. The topological polar surface area (TPSA) is 78.4 Å². The first-order valence-electron chi connectivity index (χ1n) is 7.37. The van der Waals surface area contributed by atoms with Gasteiger partial charge in [-0.15, -0.1) is 0 Å². The van der Waals surface area contributed by atoms with E-state index < -0.39 is 18.0 Å². The van der Waals surface area contributed by atoms with E-state index in [0.717, 1.165) is 25.7 Å². The van der Waals surface area contributed by atoms with Crippen LogP contribution in [-0.4, -0.2) is 22.6 Å². The summed E-state index contributed by atoms with van der Waals surface area (Å²) in [5.41, 5.74) is 0.330. The number of benzene rings is 1. The maximum Gasteiger partial charge on any atom is 0.330 e. The van der Waals surface area contributed by atoms with Crippen LogP contribution >= 0.6 is 0 Å². The van der Waals surface area contributed by atoms with E-state index in [1.54, 1.807) is 24.3 Å². The number of hydrogen-bond acceptors (Lipinski definition) is 2. The Labute approximate surface area is 124 Å². The lowest BCUT2D eigenvalue weighted by Crippen LogP contribution is -2.52. The molecule has 114 valence electrons. The number of nitrogens with one attached hydrogen (secondary N) is 2. The third-order valence-corrected chi connectivity index (χ3v) is 4.03. The van der Waals surface area contributed by atoms with Gasteiger partial charge in [0.25, 0.3) is 0 Å². The average Bonchev–Trinajstić information content (AvgIpc) is 2.45. The molecule has 0 aromatic heterocycles. The number of aliphatic carboxylic acids is 1. The van der Waals surface area contributed by atoms with Crippen molar-refractivity contribution in [2.24, 2.45) is 0 Å². The third kappa shape index (κ3) is 4.21. The normalized spacial score (nSPS) is 18.5. The molecule has 0 saturated heterocycles. The summed E-state index contributed by atoms with van der Waals surface area (Å²) in [6, 6.07) is 7.27. The van der Waals surface area contributed by atoms with E-state index in [2.05, 4.69) is 10.6 Å². The molecule has 1 aromatic carbocycles. The molecule has 5 nitrogen and oxygen atoms in total. The summed E-state index contributed by atoms with van der Waals surface area (Å²) in [4.78, 5) is 23.5. The van der Waals surface area contributed by atoms with Crippen LogP contribution in [0.3, 0.4) is 0 Å². The Morgan fingerprint density at radius 2 is 1.76 bits per heavy atom. The van der Waals surface area contributed by atoms with Crippen LogP contribution in [-0.2, 0) is 4.79 Å². The number of hydrogen-bond donors (Lipinski definition) is 3. The van der Waals surface area contributed by atoms with Gasteiger partial charge in [0.1, 0.15) is 0 Å². The molecule has 1 unspecified atom stereocenters. The number of carbonyl (C=O) groups is 2. The van der Waals surface area contributed by atoms with Gasteiger partial charge in [0.05, 0.1) is 0 Å². The zero-order valence-electron chi connectivity index (χ0n) is 12.3. The van der Waals surface area contributed by atoms with Gasteiger partial charge in [-0.3, -0.25) is 0 Å². The first kappa shape index (κ1) is 15.4. The quantitative estimate of drug-likeness (QED) is 0.798. The second kappa shape index (κ2) is 6.61. The van der Waals surface area contributed by atoms with Crippen molar-refractivity contribution >= 4 is 12.0 Å². The summed E-state index contributed by atoms with van der Waals surface area (Å²) in [7, 11) is 0. The van der Waals surface area contributed by atoms with Crippen molar-refractivity contribution in [3.05, 3.63) is 35.9 Å². The lowest BCUT2D eigenvalue weighted by molar-refractivity contribution is -0.139. The monoisotopic (exact) mass is 290 g/mol. The van der Waals surface area contributed by atoms with Gasteiger partial charge < -0.3 is 15.7 Å². The highest BCUT2D eigenvalue weighted by Gasteiger charge is 2.30. The first-order valence-corrected chi connectivity index (χ1v) is 7.37. The molecule has 1 saturated carbocycles. The number of rotatable bonds is 4. The highest BCUT2D eigenvalue weighted by molar-refractivity contribution is 5.84. The SMILES string of the molecule is CC1(NC(=O)NC(C(=O)O)c2ccccc2)CCCCC1. The lowest BCUT2D eigenvalue weighted by Gasteiger charge is -2.34. The Hall–Kier alpha value is -2.04. The van der Waals surface area contributed by atoms with E-state index in [-0.39, 0.29) is 5.54 Å². The Balaban J connectivity index is 2.00. The fourth-order valence-corrected chi connectivity index (χ4v) is 2.83. The predicted molar refractivity (Wildman–Crippen MR) is 80.0 cm³/mol. The van der Waals surface area contributed by atoms with E-state index in [0.29, 0.717) is 5.56 Å². The van der Waals surface area contributed by atoms with Crippen molar-refractivity contribution in [2.45, 2.75) is 50.6 Å². The minimum Gasteiger partial charge on any atom is -0.479 e. The van der Waals surface area contributed by atoms with Crippen molar-refractivity contribution in [2.75, 3.05) is 0 Å². The molecule has 5 heteroatoms. The van der Waals surface area contributed by atoms with E-state index in [9.17, 15) is 14.7 Å². The van der Waals surface area contributed by atoms with Gasteiger partial charge in [-0.25, -0.2) is 9.59 Å². The predicted octanol–water partition coefficient (Wildman–Crippen LogP) is 2.83. The molecule has 2 rings (SSSR count). The van der Waals surface area contributed by atoms with Gasteiger partial charge in [0.2, 0.25) is 0 Å². The Bertz CT molecular complexity index is 496. The smallest absolute Gasteiger partial charge is 0.330 e. The van der Waals surface area contributed by atoms with Crippen molar-refractivity contribution in [3.63, 3.8) is 0 Å². The van der Waals surface area contributed by atoms with Crippen LogP contribution in [0.4, 0.5) is 4.79 Å². The lowest BCUT2D eigenvalue weighted by atomic mass is 9.83. The Kier molecular flexibility index (Phi) is 4.83. The minimum absolute atomic E-state index is 0.234. The van der Waals surface area contributed by atoms with Crippen molar-refractivity contribution in [1.29, 1.82) is 0 Å². The molecule has 0 aliphatic heterocycles. The van der Waals surface area contributed by atoms with Gasteiger partial charge in [0, 0.05) is 5.54 Å². The molecule has 1 aliphatic rings. The van der Waals surface area contributed by atoms with Crippen LogP contribution in [0.25, 0.3) is 0 Å². The molecule has 2 amide bonds.